The summed E-state index contributed by atoms with van der Waals surface area (Å²) in [6, 6.07) is 7.31. The molecule has 1 aromatic carbocycles. The number of fused-ring (bicyclic) bond motifs is 1. The van der Waals surface area contributed by atoms with Crippen LogP contribution in [0.1, 0.15) is 53.1 Å². The molecule has 1 aromatic heterocycles. The van der Waals surface area contributed by atoms with Gasteiger partial charge in [-0.1, -0.05) is 43.6 Å². The van der Waals surface area contributed by atoms with Crippen LogP contribution in [-0.4, -0.2) is 18.5 Å². The predicted molar refractivity (Wildman–Crippen MR) is 115 cm³/mol. The van der Waals surface area contributed by atoms with Gasteiger partial charge in [0.05, 0.1) is 12.2 Å². The molecule has 0 saturated heterocycles. The number of esters is 1. The molecule has 148 valence electrons. The van der Waals surface area contributed by atoms with Gasteiger partial charge in [-0.05, 0) is 54.9 Å². The van der Waals surface area contributed by atoms with Gasteiger partial charge < -0.3 is 10.1 Å². The molecule has 1 aliphatic rings. The first-order valence-electron chi connectivity index (χ1n) is 9.54. The van der Waals surface area contributed by atoms with Crippen molar-refractivity contribution in [1.82, 2.24) is 0 Å². The second-order valence-corrected chi connectivity index (χ2v) is 8.55. The molecule has 4 nitrogen and oxygen atoms in total. The molecule has 0 bridgehead atoms. The van der Waals surface area contributed by atoms with Crippen LogP contribution in [0.15, 0.2) is 30.3 Å². The Morgan fingerprint density at radius 3 is 2.89 bits per heavy atom. The van der Waals surface area contributed by atoms with Crippen molar-refractivity contribution >= 4 is 45.9 Å². The van der Waals surface area contributed by atoms with Crippen LogP contribution < -0.4 is 5.32 Å². The molecule has 1 heterocycles. The van der Waals surface area contributed by atoms with Gasteiger partial charge in [-0.25, -0.2) is 4.79 Å². The van der Waals surface area contributed by atoms with Gasteiger partial charge >= 0.3 is 5.97 Å². The molecule has 0 spiro atoms. The van der Waals surface area contributed by atoms with E-state index in [0.29, 0.717) is 28.1 Å². The fraction of sp³-hybridized carbons (Fsp3) is 0.364. The zero-order chi connectivity index (χ0) is 20.1. The first-order valence-corrected chi connectivity index (χ1v) is 10.7. The van der Waals surface area contributed by atoms with Gasteiger partial charge in [0.15, 0.2) is 0 Å². The number of thiophene rings is 1. The van der Waals surface area contributed by atoms with Crippen LogP contribution in [-0.2, 0) is 22.4 Å². The third kappa shape index (κ3) is 4.83. The van der Waals surface area contributed by atoms with E-state index in [1.165, 1.54) is 22.3 Å². The molecule has 6 heteroatoms. The zero-order valence-electron chi connectivity index (χ0n) is 16.1. The van der Waals surface area contributed by atoms with Gasteiger partial charge in [-0.3, -0.25) is 4.79 Å². The Bertz CT molecular complexity index is 903. The molecule has 2 aromatic rings. The number of carbonyl (C=O) groups excluding carboxylic acids is 2. The molecule has 0 saturated carbocycles. The topological polar surface area (TPSA) is 55.4 Å². The van der Waals surface area contributed by atoms with Crippen molar-refractivity contribution in [3.63, 3.8) is 0 Å². The van der Waals surface area contributed by atoms with Crippen LogP contribution in [0.4, 0.5) is 5.00 Å². The lowest BCUT2D eigenvalue weighted by atomic mass is 9.88. The van der Waals surface area contributed by atoms with Crippen LogP contribution in [0, 0.1) is 5.92 Å². The third-order valence-electron chi connectivity index (χ3n) is 4.71. The van der Waals surface area contributed by atoms with E-state index < -0.39 is 0 Å². The molecule has 0 fully saturated rings. The number of ether oxygens (including phenoxy) is 1. The first-order chi connectivity index (χ1) is 13.5. The highest BCUT2D eigenvalue weighted by molar-refractivity contribution is 7.17. The van der Waals surface area contributed by atoms with Crippen LogP contribution in [0.25, 0.3) is 6.08 Å². The van der Waals surface area contributed by atoms with E-state index in [9.17, 15) is 9.59 Å². The highest BCUT2D eigenvalue weighted by Gasteiger charge is 2.28. The number of hydrogen-bond donors (Lipinski definition) is 1. The lowest BCUT2D eigenvalue weighted by molar-refractivity contribution is -0.111. The zero-order valence-corrected chi connectivity index (χ0v) is 17.7. The summed E-state index contributed by atoms with van der Waals surface area (Å²) in [4.78, 5) is 26.3. The van der Waals surface area contributed by atoms with Gasteiger partial charge in [0, 0.05) is 16.0 Å². The number of hydrogen-bond acceptors (Lipinski definition) is 4. The van der Waals surface area contributed by atoms with Crippen LogP contribution in [0.5, 0.6) is 0 Å². The summed E-state index contributed by atoms with van der Waals surface area (Å²) in [6.45, 7) is 4.54. The summed E-state index contributed by atoms with van der Waals surface area (Å²) in [5.41, 5.74) is 2.33. The van der Waals surface area contributed by atoms with Crippen molar-refractivity contribution in [2.24, 2.45) is 5.92 Å². The highest BCUT2D eigenvalue weighted by atomic mass is 35.5. The summed E-state index contributed by atoms with van der Waals surface area (Å²) in [7, 11) is 0. The van der Waals surface area contributed by atoms with Gasteiger partial charge in [-0.2, -0.15) is 0 Å². The van der Waals surface area contributed by atoms with Gasteiger partial charge in [0.1, 0.15) is 5.00 Å². The third-order valence-corrected chi connectivity index (χ3v) is 6.22. The molecule has 1 atom stereocenters. The molecule has 1 N–H and O–H groups in total. The van der Waals surface area contributed by atoms with Crippen molar-refractivity contribution in [3.8, 4) is 0 Å². The summed E-state index contributed by atoms with van der Waals surface area (Å²) in [5.74, 6) is -0.0651. The number of carbonyl (C=O) groups is 2. The van der Waals surface area contributed by atoms with Crippen molar-refractivity contribution in [3.05, 3.63) is 56.9 Å². The van der Waals surface area contributed by atoms with Crippen molar-refractivity contribution < 1.29 is 14.3 Å². The monoisotopic (exact) mass is 417 g/mol. The molecule has 0 aliphatic heterocycles. The minimum Gasteiger partial charge on any atom is -0.462 e. The standard InChI is InChI=1S/C22H24ClNO3S/c1-3-12-27-22(26)20-16-10-8-14(2)13-18(16)28-21(20)24-19(25)11-9-15-6-4-5-7-17(15)23/h4-7,9,11,14H,3,8,10,12-13H2,1-2H3,(H,24,25). The number of amides is 1. The van der Waals surface area contributed by atoms with Crippen molar-refractivity contribution in [1.29, 1.82) is 0 Å². The average Bonchev–Trinajstić information content (AvgIpc) is 3.02. The summed E-state index contributed by atoms with van der Waals surface area (Å²) in [6.07, 6.45) is 6.68. The number of anilines is 1. The van der Waals surface area contributed by atoms with E-state index in [4.69, 9.17) is 16.3 Å². The number of rotatable bonds is 6. The minimum atomic E-state index is -0.348. The van der Waals surface area contributed by atoms with Crippen LogP contribution in [0.3, 0.4) is 0 Å². The normalized spacial score (nSPS) is 16.0. The molecule has 1 aliphatic carbocycles. The first kappa shape index (κ1) is 20.6. The maximum atomic E-state index is 12.6. The molecule has 0 radical (unpaired) electrons. The van der Waals surface area contributed by atoms with Crippen LogP contribution in [0.2, 0.25) is 5.02 Å². The van der Waals surface area contributed by atoms with E-state index in [0.717, 1.165) is 36.8 Å². The van der Waals surface area contributed by atoms with Gasteiger partial charge in [-0.15, -0.1) is 11.3 Å². The second-order valence-electron chi connectivity index (χ2n) is 7.04. The Hall–Kier alpha value is -2.11. The van der Waals surface area contributed by atoms with Gasteiger partial charge in [0.2, 0.25) is 5.91 Å². The highest BCUT2D eigenvalue weighted by Crippen LogP contribution is 2.40. The largest absolute Gasteiger partial charge is 0.462 e. The van der Waals surface area contributed by atoms with E-state index in [1.807, 2.05) is 25.1 Å². The number of halogens is 1. The van der Waals surface area contributed by atoms with Gasteiger partial charge in [0.25, 0.3) is 0 Å². The summed E-state index contributed by atoms with van der Waals surface area (Å²) in [5, 5.41) is 4.04. The smallest absolute Gasteiger partial charge is 0.341 e. The molecule has 3 rings (SSSR count). The van der Waals surface area contributed by atoms with Crippen molar-refractivity contribution in [2.45, 2.75) is 39.5 Å². The molecular formula is C22H24ClNO3S. The minimum absolute atomic E-state index is 0.295. The number of nitrogens with one attached hydrogen (secondary N) is 1. The lowest BCUT2D eigenvalue weighted by Gasteiger charge is -2.18. The van der Waals surface area contributed by atoms with E-state index in [-0.39, 0.29) is 11.9 Å². The number of benzene rings is 1. The Balaban J connectivity index is 1.83. The quantitative estimate of drug-likeness (QED) is 0.481. The molecule has 1 amide bonds. The Kier molecular flexibility index (Phi) is 6.92. The molecule has 28 heavy (non-hydrogen) atoms. The lowest BCUT2D eigenvalue weighted by Crippen LogP contribution is -2.16. The Morgan fingerprint density at radius 1 is 1.36 bits per heavy atom. The summed E-state index contributed by atoms with van der Waals surface area (Å²) < 4.78 is 5.38. The van der Waals surface area contributed by atoms with E-state index in [2.05, 4.69) is 12.2 Å². The van der Waals surface area contributed by atoms with Crippen LogP contribution >= 0.6 is 22.9 Å². The van der Waals surface area contributed by atoms with Crippen molar-refractivity contribution in [2.75, 3.05) is 11.9 Å². The SMILES string of the molecule is CCCOC(=O)c1c(NC(=O)C=Cc2ccccc2Cl)sc2c1CCC(C)C2. The average molecular weight is 418 g/mol. The van der Waals surface area contributed by atoms with E-state index in [1.54, 1.807) is 12.1 Å². The Morgan fingerprint density at radius 2 is 2.14 bits per heavy atom. The maximum absolute atomic E-state index is 12.6. The second kappa shape index (κ2) is 9.39. The summed E-state index contributed by atoms with van der Waals surface area (Å²) >= 11 is 7.61. The maximum Gasteiger partial charge on any atom is 0.341 e. The fourth-order valence-corrected chi connectivity index (χ4v) is 4.85. The predicted octanol–water partition coefficient (Wildman–Crippen LogP) is 5.75. The molecular weight excluding hydrogens is 394 g/mol. The molecule has 1 unspecified atom stereocenters. The Labute approximate surface area is 174 Å². The van der Waals surface area contributed by atoms with E-state index >= 15 is 0 Å². The fourth-order valence-electron chi connectivity index (χ4n) is 3.25.